The number of aromatic carboxylic acids is 1. The van der Waals surface area contributed by atoms with E-state index in [0.717, 1.165) is 0 Å². The number of hydrogen-bond donors (Lipinski definition) is 2. The zero-order chi connectivity index (χ0) is 18.8. The quantitative estimate of drug-likeness (QED) is 0.637. The minimum absolute atomic E-state index is 0.0451. The summed E-state index contributed by atoms with van der Waals surface area (Å²) in [4.78, 5) is 22.5. The van der Waals surface area contributed by atoms with Gasteiger partial charge in [0.2, 0.25) is 0 Å². The molecule has 0 saturated carbocycles. The van der Waals surface area contributed by atoms with Crippen LogP contribution in [0.25, 0.3) is 0 Å². The van der Waals surface area contributed by atoms with Crippen LogP contribution >= 0.6 is 0 Å². The van der Waals surface area contributed by atoms with Crippen molar-refractivity contribution < 1.29 is 19.4 Å². The average molecular weight is 341 g/mol. The molecule has 0 radical (unpaired) electrons. The minimum atomic E-state index is -1.15. The summed E-state index contributed by atoms with van der Waals surface area (Å²) in [6.45, 7) is 7.10. The third kappa shape index (κ3) is 6.61. The molecule has 5 nitrogen and oxygen atoms in total. The molecule has 0 amide bonds. The van der Waals surface area contributed by atoms with Gasteiger partial charge in [0, 0.05) is 6.04 Å². The maximum atomic E-state index is 11.6. The zero-order valence-corrected chi connectivity index (χ0v) is 14.4. The predicted molar refractivity (Wildman–Crippen MR) is 97.5 cm³/mol. The zero-order valence-electron chi connectivity index (χ0n) is 14.4. The molecule has 3 N–H and O–H groups in total. The summed E-state index contributed by atoms with van der Waals surface area (Å²) in [5.74, 6) is -1.82. The molecule has 0 aromatic heterocycles. The van der Waals surface area contributed by atoms with Crippen LogP contribution in [0.3, 0.4) is 0 Å². The molecular weight excluding hydrogens is 318 g/mol. The number of rotatable bonds is 5. The highest BCUT2D eigenvalue weighted by atomic mass is 16.5. The van der Waals surface area contributed by atoms with Gasteiger partial charge in [-0.3, -0.25) is 0 Å². The molecule has 2 rings (SSSR count). The van der Waals surface area contributed by atoms with Gasteiger partial charge in [-0.05, 0) is 31.5 Å². The molecule has 0 fully saturated rings. The summed E-state index contributed by atoms with van der Waals surface area (Å²) in [7, 11) is 0. The Bertz CT molecular complexity index is 711. The Kier molecular flexibility index (Phi) is 8.09. The smallest absolute Gasteiger partial charge is 0.339 e. The summed E-state index contributed by atoms with van der Waals surface area (Å²) < 4.78 is 4.96. The van der Waals surface area contributed by atoms with E-state index in [2.05, 4.69) is 6.58 Å². The van der Waals surface area contributed by atoms with E-state index >= 15 is 0 Å². The molecule has 0 spiro atoms. The van der Waals surface area contributed by atoms with Crippen LogP contribution in [0.15, 0.2) is 67.3 Å². The molecule has 0 aliphatic heterocycles. The third-order valence-electron chi connectivity index (χ3n) is 3.33. The average Bonchev–Trinajstić information content (AvgIpc) is 2.62. The molecule has 0 aliphatic rings. The molecular formula is C20H23NO4. The van der Waals surface area contributed by atoms with Gasteiger partial charge in [0.1, 0.15) is 6.10 Å². The summed E-state index contributed by atoms with van der Waals surface area (Å²) in [5.41, 5.74) is 6.78. The molecule has 132 valence electrons. The van der Waals surface area contributed by atoms with Crippen LogP contribution in [0.1, 0.15) is 46.2 Å². The van der Waals surface area contributed by atoms with Crippen LogP contribution in [0.4, 0.5) is 0 Å². The standard InChI is InChI=1S/C12H12O4.C8H11N/c1-3-8(2)16-12(15)10-7-5-4-6-9(10)11(13)14;1-7(9)8-5-3-2-4-6-8/h3-8H,1H2,2H3,(H,13,14);2-7H,9H2,1H3/t8-;7-/m00/s1. The van der Waals surface area contributed by atoms with Crippen molar-refractivity contribution in [2.45, 2.75) is 26.0 Å². The monoisotopic (exact) mass is 341 g/mol. The van der Waals surface area contributed by atoms with Crippen molar-refractivity contribution in [3.05, 3.63) is 83.9 Å². The van der Waals surface area contributed by atoms with Crippen molar-refractivity contribution in [3.63, 3.8) is 0 Å². The van der Waals surface area contributed by atoms with Crippen molar-refractivity contribution in [2.24, 2.45) is 5.73 Å². The molecule has 25 heavy (non-hydrogen) atoms. The summed E-state index contributed by atoms with van der Waals surface area (Å²) >= 11 is 0. The Morgan fingerprint density at radius 2 is 1.56 bits per heavy atom. The van der Waals surface area contributed by atoms with Gasteiger partial charge in [0.25, 0.3) is 0 Å². The van der Waals surface area contributed by atoms with Crippen LogP contribution in [0.5, 0.6) is 0 Å². The number of carbonyl (C=O) groups is 2. The Labute approximate surface area is 147 Å². The number of ether oxygens (including phenoxy) is 1. The van der Waals surface area contributed by atoms with Gasteiger partial charge in [-0.15, -0.1) is 0 Å². The number of carboxylic acid groups (broad SMARTS) is 1. The lowest BCUT2D eigenvalue weighted by Crippen LogP contribution is -2.16. The molecule has 0 bridgehead atoms. The van der Waals surface area contributed by atoms with Gasteiger partial charge >= 0.3 is 11.9 Å². The van der Waals surface area contributed by atoms with Gasteiger partial charge in [0.05, 0.1) is 11.1 Å². The molecule has 5 heteroatoms. The second-order valence-corrected chi connectivity index (χ2v) is 5.40. The fourth-order valence-electron chi connectivity index (χ4n) is 1.88. The maximum Gasteiger partial charge on any atom is 0.339 e. The van der Waals surface area contributed by atoms with E-state index in [0.29, 0.717) is 0 Å². The first-order chi connectivity index (χ1) is 11.9. The van der Waals surface area contributed by atoms with Crippen LogP contribution in [-0.4, -0.2) is 23.1 Å². The summed E-state index contributed by atoms with van der Waals surface area (Å²) in [6.07, 6.45) is 1.01. The molecule has 0 saturated heterocycles. The van der Waals surface area contributed by atoms with Gasteiger partial charge in [-0.25, -0.2) is 9.59 Å². The predicted octanol–water partition coefficient (Wildman–Crippen LogP) is 3.82. The fourth-order valence-corrected chi connectivity index (χ4v) is 1.88. The Morgan fingerprint density at radius 1 is 1.04 bits per heavy atom. The van der Waals surface area contributed by atoms with E-state index < -0.39 is 18.0 Å². The lowest BCUT2D eigenvalue weighted by atomic mass is 10.1. The van der Waals surface area contributed by atoms with E-state index in [9.17, 15) is 9.59 Å². The number of esters is 1. The number of nitrogens with two attached hydrogens (primary N) is 1. The Balaban J connectivity index is 0.000000293. The number of benzene rings is 2. The SMILES string of the molecule is C=C[C@H](C)OC(=O)c1ccccc1C(=O)O.C[C@H](N)c1ccccc1. The topological polar surface area (TPSA) is 89.6 Å². The molecule has 2 aromatic rings. The molecule has 0 aliphatic carbocycles. The van der Waals surface area contributed by atoms with Gasteiger partial charge in [-0.2, -0.15) is 0 Å². The molecule has 0 heterocycles. The summed E-state index contributed by atoms with van der Waals surface area (Å²) in [6, 6.07) is 16.1. The van der Waals surface area contributed by atoms with Crippen molar-refractivity contribution in [1.29, 1.82) is 0 Å². The largest absolute Gasteiger partial charge is 0.478 e. The van der Waals surface area contributed by atoms with E-state index in [1.807, 2.05) is 37.3 Å². The highest BCUT2D eigenvalue weighted by molar-refractivity contribution is 6.02. The van der Waals surface area contributed by atoms with Gasteiger partial charge in [0.15, 0.2) is 0 Å². The summed E-state index contributed by atoms with van der Waals surface area (Å²) in [5, 5.41) is 8.88. The number of carboxylic acids is 1. The maximum absolute atomic E-state index is 11.6. The van der Waals surface area contributed by atoms with E-state index in [1.165, 1.54) is 23.8 Å². The number of hydrogen-bond acceptors (Lipinski definition) is 4. The Morgan fingerprint density at radius 3 is 2.00 bits per heavy atom. The highest BCUT2D eigenvalue weighted by Gasteiger charge is 2.17. The Hall–Kier alpha value is -2.92. The molecule has 2 aromatic carbocycles. The minimum Gasteiger partial charge on any atom is -0.478 e. The van der Waals surface area contributed by atoms with Gasteiger partial charge < -0.3 is 15.6 Å². The van der Waals surface area contributed by atoms with Gasteiger partial charge in [-0.1, -0.05) is 55.1 Å². The molecule has 0 unspecified atom stereocenters. The normalized spacial score (nSPS) is 12.1. The second-order valence-electron chi connectivity index (χ2n) is 5.40. The first-order valence-electron chi connectivity index (χ1n) is 7.83. The lowest BCUT2D eigenvalue weighted by molar-refractivity contribution is 0.0417. The van der Waals surface area contributed by atoms with Crippen LogP contribution in [-0.2, 0) is 4.74 Å². The first kappa shape index (κ1) is 20.1. The lowest BCUT2D eigenvalue weighted by Gasteiger charge is -2.10. The van der Waals surface area contributed by atoms with Crippen LogP contribution in [0.2, 0.25) is 0 Å². The van der Waals surface area contributed by atoms with Crippen molar-refractivity contribution in [2.75, 3.05) is 0 Å². The first-order valence-corrected chi connectivity index (χ1v) is 7.83. The van der Waals surface area contributed by atoms with E-state index in [-0.39, 0.29) is 17.2 Å². The van der Waals surface area contributed by atoms with Crippen molar-refractivity contribution in [1.82, 2.24) is 0 Å². The van der Waals surface area contributed by atoms with E-state index in [4.69, 9.17) is 15.6 Å². The highest BCUT2D eigenvalue weighted by Crippen LogP contribution is 2.11. The molecule has 2 atom stereocenters. The third-order valence-corrected chi connectivity index (χ3v) is 3.33. The van der Waals surface area contributed by atoms with Crippen molar-refractivity contribution in [3.8, 4) is 0 Å². The fraction of sp³-hybridized carbons (Fsp3) is 0.200. The van der Waals surface area contributed by atoms with Crippen molar-refractivity contribution >= 4 is 11.9 Å². The van der Waals surface area contributed by atoms with E-state index in [1.54, 1.807) is 19.1 Å². The second kappa shape index (κ2) is 10.1. The van der Waals surface area contributed by atoms with Crippen LogP contribution < -0.4 is 5.73 Å². The van der Waals surface area contributed by atoms with Crippen LogP contribution in [0, 0.1) is 0 Å². The number of carbonyl (C=O) groups excluding carboxylic acids is 1.